The highest BCUT2D eigenvalue weighted by Crippen LogP contribution is 2.27. The third kappa shape index (κ3) is 1.91. The number of aromatic nitrogens is 3. The van der Waals surface area contributed by atoms with Crippen LogP contribution in [0.25, 0.3) is 10.6 Å². The Labute approximate surface area is 93.1 Å². The van der Waals surface area contributed by atoms with Crippen molar-refractivity contribution in [3.63, 3.8) is 0 Å². The quantitative estimate of drug-likeness (QED) is 0.842. The molecule has 2 aromatic rings. The summed E-state index contributed by atoms with van der Waals surface area (Å²) in [5, 5.41) is 8.68. The van der Waals surface area contributed by atoms with Crippen LogP contribution in [0.2, 0.25) is 0 Å². The standard InChI is InChI=1S/C8H6BrN3OS/c1-13-6-2-5(3-10-4-6)7-11-12-8(9)14-7/h2-4H,1H3. The first-order chi connectivity index (χ1) is 6.79. The first-order valence-electron chi connectivity index (χ1n) is 3.78. The van der Waals surface area contributed by atoms with Crippen LogP contribution in [0.3, 0.4) is 0 Å². The molecule has 0 fully saturated rings. The molecule has 2 heterocycles. The van der Waals surface area contributed by atoms with Crippen LogP contribution in [0, 0.1) is 0 Å². The predicted molar refractivity (Wildman–Crippen MR) is 57.4 cm³/mol. The van der Waals surface area contributed by atoms with Crippen molar-refractivity contribution >= 4 is 27.3 Å². The number of halogens is 1. The molecule has 2 rings (SSSR count). The van der Waals surface area contributed by atoms with Gasteiger partial charge in [0.05, 0.1) is 13.3 Å². The third-order valence-corrected chi connectivity index (χ3v) is 3.00. The fourth-order valence-electron chi connectivity index (χ4n) is 0.969. The zero-order valence-corrected chi connectivity index (χ0v) is 9.67. The molecular formula is C8H6BrN3OS. The van der Waals surface area contributed by atoms with Crippen LogP contribution in [0.1, 0.15) is 0 Å². The Kier molecular flexibility index (Phi) is 2.74. The lowest BCUT2D eigenvalue weighted by Crippen LogP contribution is -1.85. The van der Waals surface area contributed by atoms with E-state index >= 15 is 0 Å². The first kappa shape index (κ1) is 9.54. The number of ether oxygens (including phenoxy) is 1. The van der Waals surface area contributed by atoms with Crippen LogP contribution < -0.4 is 4.74 Å². The summed E-state index contributed by atoms with van der Waals surface area (Å²) in [4.78, 5) is 4.04. The lowest BCUT2D eigenvalue weighted by molar-refractivity contribution is 0.413. The minimum atomic E-state index is 0.717. The molecule has 0 saturated carbocycles. The Morgan fingerprint density at radius 1 is 1.36 bits per heavy atom. The summed E-state index contributed by atoms with van der Waals surface area (Å²) in [5.74, 6) is 0.717. The van der Waals surface area contributed by atoms with Crippen molar-refractivity contribution in [3.8, 4) is 16.3 Å². The van der Waals surface area contributed by atoms with Gasteiger partial charge in [-0.05, 0) is 22.0 Å². The number of hydrogen-bond acceptors (Lipinski definition) is 5. The largest absolute Gasteiger partial charge is 0.495 e. The Balaban J connectivity index is 2.41. The van der Waals surface area contributed by atoms with E-state index in [1.807, 2.05) is 6.07 Å². The molecule has 0 radical (unpaired) electrons. The van der Waals surface area contributed by atoms with Gasteiger partial charge in [0, 0.05) is 11.8 Å². The molecule has 2 aromatic heterocycles. The molecule has 0 spiro atoms. The van der Waals surface area contributed by atoms with Gasteiger partial charge in [0.2, 0.25) is 0 Å². The molecule has 4 nitrogen and oxygen atoms in total. The molecule has 6 heteroatoms. The monoisotopic (exact) mass is 271 g/mol. The van der Waals surface area contributed by atoms with Gasteiger partial charge >= 0.3 is 0 Å². The molecule has 0 amide bonds. The summed E-state index contributed by atoms with van der Waals surface area (Å²) < 4.78 is 5.82. The van der Waals surface area contributed by atoms with Gasteiger partial charge in [0.25, 0.3) is 0 Å². The van der Waals surface area contributed by atoms with Crippen LogP contribution in [0.5, 0.6) is 5.75 Å². The van der Waals surface area contributed by atoms with Crippen molar-refractivity contribution in [2.24, 2.45) is 0 Å². The lowest BCUT2D eigenvalue weighted by atomic mass is 10.3. The van der Waals surface area contributed by atoms with Crippen molar-refractivity contribution in [3.05, 3.63) is 22.4 Å². The van der Waals surface area contributed by atoms with E-state index < -0.39 is 0 Å². The van der Waals surface area contributed by atoms with E-state index in [0.29, 0.717) is 5.75 Å². The second-order valence-corrected chi connectivity index (χ2v) is 4.73. The third-order valence-electron chi connectivity index (χ3n) is 1.60. The van der Waals surface area contributed by atoms with Crippen LogP contribution in [0.4, 0.5) is 0 Å². The minimum absolute atomic E-state index is 0.717. The summed E-state index contributed by atoms with van der Waals surface area (Å²) in [6.07, 6.45) is 3.38. The second-order valence-electron chi connectivity index (χ2n) is 2.47. The zero-order valence-electron chi connectivity index (χ0n) is 7.27. The van der Waals surface area contributed by atoms with Gasteiger partial charge in [0.1, 0.15) is 10.8 Å². The second kappa shape index (κ2) is 4.02. The van der Waals surface area contributed by atoms with Gasteiger partial charge in [-0.1, -0.05) is 11.3 Å². The van der Waals surface area contributed by atoms with E-state index in [-0.39, 0.29) is 0 Å². The Bertz CT molecular complexity index is 446. The summed E-state index contributed by atoms with van der Waals surface area (Å²) >= 11 is 4.72. The maximum Gasteiger partial charge on any atom is 0.183 e. The van der Waals surface area contributed by atoms with Crippen LogP contribution in [-0.2, 0) is 0 Å². The van der Waals surface area contributed by atoms with Crippen molar-refractivity contribution in [2.75, 3.05) is 7.11 Å². The Morgan fingerprint density at radius 3 is 2.86 bits per heavy atom. The molecule has 72 valence electrons. The first-order valence-corrected chi connectivity index (χ1v) is 5.39. The van der Waals surface area contributed by atoms with Crippen molar-refractivity contribution < 1.29 is 4.74 Å². The predicted octanol–water partition coefficient (Wildman–Crippen LogP) is 2.37. The smallest absolute Gasteiger partial charge is 0.183 e. The molecule has 0 aliphatic rings. The van der Waals surface area contributed by atoms with Gasteiger partial charge in [-0.15, -0.1) is 10.2 Å². The molecule has 14 heavy (non-hydrogen) atoms. The molecule has 0 aromatic carbocycles. The highest BCUT2D eigenvalue weighted by molar-refractivity contribution is 9.11. The SMILES string of the molecule is COc1cncc(-c2nnc(Br)s2)c1. The lowest BCUT2D eigenvalue weighted by Gasteiger charge is -1.99. The molecule has 0 aliphatic carbocycles. The number of pyridine rings is 1. The number of nitrogens with zero attached hydrogens (tertiary/aromatic N) is 3. The van der Waals surface area contributed by atoms with E-state index in [1.165, 1.54) is 11.3 Å². The summed E-state index contributed by atoms with van der Waals surface area (Å²) in [6.45, 7) is 0. The van der Waals surface area contributed by atoms with E-state index in [1.54, 1.807) is 19.5 Å². The Hall–Kier alpha value is -1.01. The van der Waals surface area contributed by atoms with Gasteiger partial charge in [-0.3, -0.25) is 4.98 Å². The molecular weight excluding hydrogens is 266 g/mol. The molecule has 0 saturated heterocycles. The minimum Gasteiger partial charge on any atom is -0.495 e. The highest BCUT2D eigenvalue weighted by atomic mass is 79.9. The van der Waals surface area contributed by atoms with Gasteiger partial charge in [0.15, 0.2) is 3.92 Å². The highest BCUT2D eigenvalue weighted by Gasteiger charge is 2.05. The summed E-state index contributed by atoms with van der Waals surface area (Å²) in [5.41, 5.74) is 0.910. The molecule has 0 bridgehead atoms. The molecule has 0 unspecified atom stereocenters. The van der Waals surface area contributed by atoms with Gasteiger partial charge in [-0.25, -0.2) is 0 Å². The van der Waals surface area contributed by atoms with Crippen LogP contribution in [0.15, 0.2) is 22.4 Å². The van der Waals surface area contributed by atoms with Gasteiger partial charge in [-0.2, -0.15) is 0 Å². The number of hydrogen-bond donors (Lipinski definition) is 0. The van der Waals surface area contributed by atoms with Gasteiger partial charge < -0.3 is 4.74 Å². The number of rotatable bonds is 2. The fourth-order valence-corrected chi connectivity index (χ4v) is 2.06. The fraction of sp³-hybridized carbons (Fsp3) is 0.125. The zero-order chi connectivity index (χ0) is 9.97. The maximum absolute atomic E-state index is 5.07. The van der Waals surface area contributed by atoms with E-state index in [0.717, 1.165) is 14.5 Å². The molecule has 0 aliphatic heterocycles. The summed E-state index contributed by atoms with van der Waals surface area (Å²) in [6, 6.07) is 1.87. The van der Waals surface area contributed by atoms with E-state index in [9.17, 15) is 0 Å². The van der Waals surface area contributed by atoms with Crippen molar-refractivity contribution in [2.45, 2.75) is 0 Å². The summed E-state index contributed by atoms with van der Waals surface area (Å²) in [7, 11) is 1.61. The van der Waals surface area contributed by atoms with Crippen molar-refractivity contribution in [1.82, 2.24) is 15.2 Å². The average Bonchev–Trinajstić information content (AvgIpc) is 2.65. The van der Waals surface area contributed by atoms with Crippen LogP contribution >= 0.6 is 27.3 Å². The van der Waals surface area contributed by atoms with E-state index in [4.69, 9.17) is 4.74 Å². The molecule has 0 N–H and O–H groups in total. The van der Waals surface area contributed by atoms with Crippen molar-refractivity contribution in [1.29, 1.82) is 0 Å². The van der Waals surface area contributed by atoms with E-state index in [2.05, 4.69) is 31.1 Å². The maximum atomic E-state index is 5.07. The Morgan fingerprint density at radius 2 is 2.21 bits per heavy atom. The topological polar surface area (TPSA) is 47.9 Å². The van der Waals surface area contributed by atoms with Crippen LogP contribution in [-0.4, -0.2) is 22.3 Å². The average molecular weight is 272 g/mol. The molecule has 0 atom stereocenters. The normalized spacial score (nSPS) is 10.1. The number of methoxy groups -OCH3 is 1.